The van der Waals surface area contributed by atoms with Crippen molar-refractivity contribution in [2.75, 3.05) is 24.5 Å². The first kappa shape index (κ1) is 25.7. The highest BCUT2D eigenvalue weighted by Gasteiger charge is 2.32. The number of likely N-dealkylation sites (tertiary alicyclic amines) is 1. The first-order chi connectivity index (χ1) is 14.5. The van der Waals surface area contributed by atoms with E-state index in [2.05, 4.69) is 77.6 Å². The van der Waals surface area contributed by atoms with E-state index in [0.29, 0.717) is 23.3 Å². The number of nitrogens with zero attached hydrogens (tertiary/aromatic N) is 2. The van der Waals surface area contributed by atoms with Crippen molar-refractivity contribution in [1.82, 2.24) is 4.90 Å². The van der Waals surface area contributed by atoms with Gasteiger partial charge in [0, 0.05) is 31.4 Å². The van der Waals surface area contributed by atoms with Gasteiger partial charge in [0.05, 0.1) is 6.04 Å². The Morgan fingerprint density at radius 2 is 1.77 bits per heavy atom. The number of benzene rings is 1. The second kappa shape index (κ2) is 11.4. The fraction of sp³-hybridized carbons (Fsp3) is 0.741. The fourth-order valence-electron chi connectivity index (χ4n) is 4.33. The average Bonchev–Trinajstić information content (AvgIpc) is 3.15. The van der Waals surface area contributed by atoms with Crippen LogP contribution in [0, 0.1) is 17.3 Å². The summed E-state index contributed by atoms with van der Waals surface area (Å²) in [6, 6.07) is 9.15. The van der Waals surface area contributed by atoms with Gasteiger partial charge in [-0.3, -0.25) is 4.79 Å². The standard InChI is InChI=1S/C27H47N3O/c1-20(2)13-17-30(23-10-8-22(9-11-23)12-15-27(5,6)7)24-14-16-29(19-24)26(31)25(28)18-21(3)4/h8-11,20-21,24-25H,12-19,28H2,1-7H3/t24?,25-/m0/s1. The number of aryl methyl sites for hydroxylation is 1. The molecule has 0 spiro atoms. The van der Waals surface area contributed by atoms with E-state index in [-0.39, 0.29) is 11.9 Å². The summed E-state index contributed by atoms with van der Waals surface area (Å²) in [6.45, 7) is 18.3. The number of amides is 1. The van der Waals surface area contributed by atoms with Gasteiger partial charge in [0.25, 0.3) is 0 Å². The van der Waals surface area contributed by atoms with Gasteiger partial charge in [0.1, 0.15) is 0 Å². The van der Waals surface area contributed by atoms with Crippen molar-refractivity contribution in [3.05, 3.63) is 29.8 Å². The average molecular weight is 430 g/mol. The van der Waals surface area contributed by atoms with Crippen molar-refractivity contribution >= 4 is 11.6 Å². The zero-order chi connectivity index (χ0) is 23.2. The molecule has 1 fully saturated rings. The molecule has 1 unspecified atom stereocenters. The molecule has 1 heterocycles. The zero-order valence-corrected chi connectivity index (χ0v) is 21.2. The molecule has 4 nitrogen and oxygen atoms in total. The molecule has 1 aliphatic heterocycles. The molecule has 1 amide bonds. The van der Waals surface area contributed by atoms with Crippen LogP contribution in [0.3, 0.4) is 0 Å². The number of carbonyl (C=O) groups excluding carboxylic acids is 1. The van der Waals surface area contributed by atoms with E-state index in [9.17, 15) is 4.79 Å². The summed E-state index contributed by atoms with van der Waals surface area (Å²) < 4.78 is 0. The number of rotatable bonds is 10. The molecular formula is C27H47N3O. The summed E-state index contributed by atoms with van der Waals surface area (Å²) in [5.74, 6) is 1.22. The highest BCUT2D eigenvalue weighted by Crippen LogP contribution is 2.27. The van der Waals surface area contributed by atoms with Gasteiger partial charge in [0.15, 0.2) is 0 Å². The van der Waals surface area contributed by atoms with Gasteiger partial charge in [-0.2, -0.15) is 0 Å². The lowest BCUT2D eigenvalue weighted by atomic mass is 9.89. The van der Waals surface area contributed by atoms with Crippen LogP contribution < -0.4 is 10.6 Å². The molecule has 1 saturated heterocycles. The number of carbonyl (C=O) groups is 1. The summed E-state index contributed by atoms with van der Waals surface area (Å²) in [7, 11) is 0. The molecular weight excluding hydrogens is 382 g/mol. The van der Waals surface area contributed by atoms with Gasteiger partial charge in [-0.25, -0.2) is 0 Å². The van der Waals surface area contributed by atoms with E-state index < -0.39 is 0 Å². The smallest absolute Gasteiger partial charge is 0.239 e. The van der Waals surface area contributed by atoms with Gasteiger partial charge in [-0.1, -0.05) is 60.6 Å². The molecule has 0 aliphatic carbocycles. The predicted molar refractivity (Wildman–Crippen MR) is 133 cm³/mol. The maximum Gasteiger partial charge on any atom is 0.239 e. The summed E-state index contributed by atoms with van der Waals surface area (Å²) in [4.78, 5) is 17.4. The molecule has 0 saturated carbocycles. The van der Waals surface area contributed by atoms with E-state index >= 15 is 0 Å². The molecule has 176 valence electrons. The summed E-state index contributed by atoms with van der Waals surface area (Å²) >= 11 is 0. The maximum atomic E-state index is 12.8. The van der Waals surface area contributed by atoms with Crippen molar-refractivity contribution in [1.29, 1.82) is 0 Å². The SMILES string of the molecule is CC(C)CCN(c1ccc(CCC(C)(C)C)cc1)C1CCN(C(=O)[C@@H](N)CC(C)C)C1. The van der Waals surface area contributed by atoms with E-state index in [1.807, 2.05) is 4.90 Å². The zero-order valence-electron chi connectivity index (χ0n) is 21.2. The van der Waals surface area contributed by atoms with E-state index in [1.54, 1.807) is 0 Å². The molecule has 2 N–H and O–H groups in total. The van der Waals surface area contributed by atoms with E-state index in [1.165, 1.54) is 17.7 Å². The molecule has 1 aromatic carbocycles. The highest BCUT2D eigenvalue weighted by atomic mass is 16.2. The van der Waals surface area contributed by atoms with Crippen molar-refractivity contribution in [3.8, 4) is 0 Å². The van der Waals surface area contributed by atoms with Gasteiger partial charge in [-0.05, 0) is 67.1 Å². The Bertz CT molecular complexity index is 675. The third-order valence-electron chi connectivity index (χ3n) is 6.34. The Morgan fingerprint density at radius 1 is 1.13 bits per heavy atom. The van der Waals surface area contributed by atoms with Crippen LogP contribution in [0.4, 0.5) is 5.69 Å². The second-order valence-electron chi connectivity index (χ2n) is 11.6. The monoisotopic (exact) mass is 429 g/mol. The Kier molecular flexibility index (Phi) is 9.42. The molecule has 1 aromatic rings. The number of anilines is 1. The molecule has 31 heavy (non-hydrogen) atoms. The van der Waals surface area contributed by atoms with Gasteiger partial charge < -0.3 is 15.5 Å². The third-order valence-corrected chi connectivity index (χ3v) is 6.34. The van der Waals surface area contributed by atoms with E-state index in [4.69, 9.17) is 5.73 Å². The van der Waals surface area contributed by atoms with Crippen LogP contribution >= 0.6 is 0 Å². The third kappa shape index (κ3) is 8.48. The summed E-state index contributed by atoms with van der Waals surface area (Å²) in [5, 5.41) is 0. The van der Waals surface area contributed by atoms with Crippen LogP contribution in [0.1, 0.15) is 79.7 Å². The fourth-order valence-corrected chi connectivity index (χ4v) is 4.33. The van der Waals surface area contributed by atoms with Crippen LogP contribution in [-0.4, -0.2) is 42.5 Å². The molecule has 2 atom stereocenters. The molecule has 1 aliphatic rings. The number of hydrogen-bond donors (Lipinski definition) is 1. The lowest BCUT2D eigenvalue weighted by Crippen LogP contribution is -2.45. The molecule has 0 radical (unpaired) electrons. The Hall–Kier alpha value is -1.55. The topological polar surface area (TPSA) is 49.6 Å². The van der Waals surface area contributed by atoms with Crippen molar-refractivity contribution in [2.45, 2.75) is 92.7 Å². The van der Waals surface area contributed by atoms with Gasteiger partial charge >= 0.3 is 0 Å². The first-order valence-electron chi connectivity index (χ1n) is 12.4. The van der Waals surface area contributed by atoms with E-state index in [0.717, 1.165) is 45.3 Å². The van der Waals surface area contributed by atoms with Gasteiger partial charge in [0.2, 0.25) is 5.91 Å². The van der Waals surface area contributed by atoms with Crippen LogP contribution in [0.15, 0.2) is 24.3 Å². The Morgan fingerprint density at radius 3 is 2.32 bits per heavy atom. The maximum absolute atomic E-state index is 12.8. The van der Waals surface area contributed by atoms with Crippen LogP contribution in [-0.2, 0) is 11.2 Å². The minimum atomic E-state index is -0.370. The summed E-state index contributed by atoms with van der Waals surface area (Å²) in [6.07, 6.45) is 5.25. The Balaban J connectivity index is 2.07. The molecule has 2 rings (SSSR count). The number of nitrogens with two attached hydrogens (primary N) is 1. The summed E-state index contributed by atoms with van der Waals surface area (Å²) in [5.41, 5.74) is 9.25. The first-order valence-corrected chi connectivity index (χ1v) is 12.4. The quantitative estimate of drug-likeness (QED) is 0.535. The minimum Gasteiger partial charge on any atom is -0.367 e. The largest absolute Gasteiger partial charge is 0.367 e. The highest BCUT2D eigenvalue weighted by molar-refractivity contribution is 5.82. The van der Waals surface area contributed by atoms with Crippen LogP contribution in [0.25, 0.3) is 0 Å². The lowest BCUT2D eigenvalue weighted by molar-refractivity contribution is -0.131. The van der Waals surface area contributed by atoms with Gasteiger partial charge in [-0.15, -0.1) is 0 Å². The van der Waals surface area contributed by atoms with Crippen LogP contribution in [0.2, 0.25) is 0 Å². The minimum absolute atomic E-state index is 0.123. The van der Waals surface area contributed by atoms with Crippen LogP contribution in [0.5, 0.6) is 0 Å². The lowest BCUT2D eigenvalue weighted by Gasteiger charge is -2.32. The predicted octanol–water partition coefficient (Wildman–Crippen LogP) is 5.49. The van der Waals surface area contributed by atoms with Crippen molar-refractivity contribution in [2.24, 2.45) is 23.0 Å². The second-order valence-corrected chi connectivity index (χ2v) is 11.6. The molecule has 4 heteroatoms. The van der Waals surface area contributed by atoms with Crippen molar-refractivity contribution in [3.63, 3.8) is 0 Å². The Labute approximate surface area is 191 Å². The normalized spacial score (nSPS) is 18.1. The molecule has 0 aromatic heterocycles. The molecule has 0 bridgehead atoms. The van der Waals surface area contributed by atoms with Crippen molar-refractivity contribution < 1.29 is 4.79 Å². The number of hydrogen-bond acceptors (Lipinski definition) is 3.